The van der Waals surface area contributed by atoms with E-state index in [1.165, 1.54) is 0 Å². The fourth-order valence-electron chi connectivity index (χ4n) is 0. The Kier molecular flexibility index (Phi) is 81.8. The summed E-state index contributed by atoms with van der Waals surface area (Å²) in [7, 11) is 3.75. The highest BCUT2D eigenvalue weighted by Crippen LogP contribution is 0.981. The molecule has 0 aliphatic heterocycles. The van der Waals surface area contributed by atoms with E-state index in [4.69, 9.17) is 8.42 Å². The highest BCUT2D eigenvalue weighted by molar-refractivity contribution is 7.51. The van der Waals surface area contributed by atoms with E-state index in [1.54, 1.807) is 0 Å². The molecule has 0 aliphatic carbocycles. The van der Waals surface area contributed by atoms with Gasteiger partial charge in [-0.15, -0.1) is 12.4 Å². The van der Waals surface area contributed by atoms with Crippen LogP contribution in [0.4, 0.5) is 0 Å². The third kappa shape index (κ3) is 20500. The highest BCUT2D eigenvalue weighted by Gasteiger charge is 1.25. The molecule has 0 rings (SSSR count). The van der Waals surface area contributed by atoms with Gasteiger partial charge in [0, 0.05) is 0 Å². The summed E-state index contributed by atoms with van der Waals surface area (Å²) in [6.07, 6.45) is 0. The predicted octanol–water partition coefficient (Wildman–Crippen LogP) is -0.413. The summed E-state index contributed by atoms with van der Waals surface area (Å²) >= 11 is -0.750. The van der Waals surface area contributed by atoms with Gasteiger partial charge in [0.05, 0.1) is 0 Å². The van der Waals surface area contributed by atoms with Gasteiger partial charge in [0.2, 0.25) is 0 Å². The Balaban J connectivity index is -0.0000000400. The van der Waals surface area contributed by atoms with Crippen molar-refractivity contribution in [2.75, 3.05) is 14.1 Å². The topological polar surface area (TPSA) is 46.2 Å². The zero-order valence-corrected chi connectivity index (χ0v) is 5.77. The van der Waals surface area contributed by atoms with Gasteiger partial charge in [-0.1, -0.05) is 0 Å². The first-order valence-corrected chi connectivity index (χ1v) is 2.00. The van der Waals surface area contributed by atoms with Crippen LogP contribution < -0.4 is 5.32 Å². The largest absolute Gasteiger partial charge is 0.335 e. The third-order valence-corrected chi connectivity index (χ3v) is 0. The van der Waals surface area contributed by atoms with Crippen molar-refractivity contribution in [1.29, 1.82) is 0 Å². The Labute approximate surface area is 52.5 Å². The Morgan fingerprint density at radius 2 is 1.29 bits per heavy atom. The van der Waals surface area contributed by atoms with E-state index in [1.807, 2.05) is 14.1 Å². The zero-order valence-electron chi connectivity index (χ0n) is 4.13. The molecule has 0 unspecified atom stereocenters. The summed E-state index contributed by atoms with van der Waals surface area (Å²) in [5.74, 6) is 0. The lowest BCUT2D eigenvalue weighted by atomic mass is 11.3. The second-order valence-electron chi connectivity index (χ2n) is 0.568. The van der Waals surface area contributed by atoms with Crippen molar-refractivity contribution >= 4 is 24.0 Å². The van der Waals surface area contributed by atoms with Crippen LogP contribution in [0.15, 0.2) is 0 Å². The average Bonchev–Trinajstić information content (AvgIpc) is 1.39. The minimum absolute atomic E-state index is 0. The first-order valence-electron chi connectivity index (χ1n) is 1.33. The smallest absolute Gasteiger partial charge is 0.323 e. The zero-order chi connectivity index (χ0) is 5.41. The van der Waals surface area contributed by atoms with Crippen LogP contribution in [0.3, 0.4) is 0 Å². The molecule has 46 valence electrons. The standard InChI is InChI=1S/C2H7N.ClH.O2S/c1-3-2;;1-3-2/h3H,1-2H3;1H;. The van der Waals surface area contributed by atoms with Crippen LogP contribution in [0.1, 0.15) is 0 Å². The van der Waals surface area contributed by atoms with Crippen LogP contribution in [-0.4, -0.2) is 22.5 Å². The average molecular weight is 146 g/mol. The SMILES string of the molecule is CNC.Cl.O=S=O. The van der Waals surface area contributed by atoms with Gasteiger partial charge < -0.3 is 5.32 Å². The van der Waals surface area contributed by atoms with Crippen molar-refractivity contribution in [3.63, 3.8) is 0 Å². The molecule has 0 aromatic rings. The van der Waals surface area contributed by atoms with E-state index in [9.17, 15) is 0 Å². The summed E-state index contributed by atoms with van der Waals surface area (Å²) in [4.78, 5) is 0. The second-order valence-corrected chi connectivity index (χ2v) is 0.704. The number of hydrogen-bond donors (Lipinski definition) is 1. The number of hydrogen-bond acceptors (Lipinski definition) is 3. The van der Waals surface area contributed by atoms with Gasteiger partial charge >= 0.3 is 11.6 Å². The molecule has 0 atom stereocenters. The Morgan fingerprint density at radius 1 is 1.29 bits per heavy atom. The van der Waals surface area contributed by atoms with Crippen molar-refractivity contribution in [2.45, 2.75) is 0 Å². The molecule has 0 aromatic carbocycles. The molecule has 0 heterocycles. The maximum absolute atomic E-state index is 8.29. The van der Waals surface area contributed by atoms with E-state index in [-0.39, 0.29) is 12.4 Å². The molecule has 0 aromatic heterocycles. The fourth-order valence-corrected chi connectivity index (χ4v) is 0. The van der Waals surface area contributed by atoms with Gasteiger partial charge in [0.1, 0.15) is 0 Å². The fraction of sp³-hybridized carbons (Fsp3) is 1.00. The third-order valence-electron chi connectivity index (χ3n) is 0. The molecule has 7 heavy (non-hydrogen) atoms. The Hall–Kier alpha value is 0.0700. The summed E-state index contributed by atoms with van der Waals surface area (Å²) in [5, 5.41) is 2.75. The summed E-state index contributed by atoms with van der Waals surface area (Å²) in [6.45, 7) is 0. The van der Waals surface area contributed by atoms with Gasteiger partial charge in [-0.3, -0.25) is 0 Å². The van der Waals surface area contributed by atoms with Crippen molar-refractivity contribution in [1.82, 2.24) is 5.32 Å². The predicted molar refractivity (Wildman–Crippen MR) is 31.2 cm³/mol. The molecule has 0 amide bonds. The second kappa shape index (κ2) is 36.4. The van der Waals surface area contributed by atoms with Gasteiger partial charge in [-0.25, -0.2) is 0 Å². The van der Waals surface area contributed by atoms with Crippen molar-refractivity contribution in [3.8, 4) is 0 Å². The van der Waals surface area contributed by atoms with Crippen LogP contribution in [-0.2, 0) is 11.6 Å². The van der Waals surface area contributed by atoms with Gasteiger partial charge in [0.15, 0.2) is 0 Å². The van der Waals surface area contributed by atoms with Crippen LogP contribution in [0, 0.1) is 0 Å². The molecule has 0 radical (unpaired) electrons. The Morgan fingerprint density at radius 3 is 1.29 bits per heavy atom. The highest BCUT2D eigenvalue weighted by atomic mass is 35.5. The molecule has 5 heteroatoms. The van der Waals surface area contributed by atoms with Gasteiger partial charge in [-0.2, -0.15) is 8.42 Å². The molecule has 0 bridgehead atoms. The normalized spacial score (nSPS) is 4.29. The van der Waals surface area contributed by atoms with Crippen LogP contribution >= 0.6 is 12.4 Å². The molecule has 1 N–H and O–H groups in total. The van der Waals surface area contributed by atoms with E-state index in [0.717, 1.165) is 0 Å². The van der Waals surface area contributed by atoms with Gasteiger partial charge in [-0.05, 0) is 14.1 Å². The molecule has 0 aliphatic rings. The first kappa shape index (κ1) is 15.7. The molecule has 0 spiro atoms. The molecular weight excluding hydrogens is 138 g/mol. The van der Waals surface area contributed by atoms with Crippen LogP contribution in [0.5, 0.6) is 0 Å². The van der Waals surface area contributed by atoms with Crippen molar-refractivity contribution in [2.24, 2.45) is 0 Å². The first-order chi connectivity index (χ1) is 2.83. The van der Waals surface area contributed by atoms with E-state index >= 15 is 0 Å². The number of nitrogens with one attached hydrogen (secondary N) is 1. The lowest BCUT2D eigenvalue weighted by Crippen LogP contribution is -1.89. The van der Waals surface area contributed by atoms with E-state index < -0.39 is 11.6 Å². The summed E-state index contributed by atoms with van der Waals surface area (Å²) in [6, 6.07) is 0. The van der Waals surface area contributed by atoms with E-state index in [2.05, 4.69) is 5.32 Å². The molecule has 3 nitrogen and oxygen atoms in total. The van der Waals surface area contributed by atoms with Crippen LogP contribution in [0.25, 0.3) is 0 Å². The quantitative estimate of drug-likeness (QED) is 0.504. The molecular formula is C2H8ClNO2S. The maximum atomic E-state index is 8.29. The number of rotatable bonds is 0. The van der Waals surface area contributed by atoms with E-state index in [0.29, 0.717) is 0 Å². The summed E-state index contributed by atoms with van der Waals surface area (Å²) < 4.78 is 16.6. The molecule has 0 fully saturated rings. The van der Waals surface area contributed by atoms with Crippen LogP contribution in [0.2, 0.25) is 0 Å². The Bertz CT molecular complexity index is 45.0. The van der Waals surface area contributed by atoms with Crippen molar-refractivity contribution < 1.29 is 8.42 Å². The maximum Gasteiger partial charge on any atom is 0.335 e. The molecule has 0 saturated heterocycles. The minimum atomic E-state index is -0.750. The summed E-state index contributed by atoms with van der Waals surface area (Å²) in [5.41, 5.74) is 0. The van der Waals surface area contributed by atoms with Crippen molar-refractivity contribution in [3.05, 3.63) is 0 Å². The monoisotopic (exact) mass is 145 g/mol. The molecule has 0 saturated carbocycles. The van der Waals surface area contributed by atoms with Gasteiger partial charge in [0.25, 0.3) is 0 Å². The lowest BCUT2D eigenvalue weighted by Gasteiger charge is -1.59. The minimum Gasteiger partial charge on any atom is -0.323 e. The number of halogens is 1. The lowest BCUT2D eigenvalue weighted by molar-refractivity contribution is 0.630.